The van der Waals surface area contributed by atoms with Crippen molar-refractivity contribution in [1.82, 2.24) is 0 Å². The van der Waals surface area contributed by atoms with Crippen molar-refractivity contribution in [2.45, 2.75) is 89.1 Å². The second-order valence-corrected chi connectivity index (χ2v) is 7.45. The van der Waals surface area contributed by atoms with Crippen molar-refractivity contribution in [2.75, 3.05) is 0 Å². The Morgan fingerprint density at radius 1 is 0.545 bits per heavy atom. The first-order valence-corrected chi connectivity index (χ1v) is 9.63. The molecule has 3 rings (SSSR count). The van der Waals surface area contributed by atoms with Crippen molar-refractivity contribution in [3.05, 3.63) is 24.3 Å². The van der Waals surface area contributed by atoms with Crippen molar-refractivity contribution in [3.63, 3.8) is 0 Å². The summed E-state index contributed by atoms with van der Waals surface area (Å²) in [5.74, 6) is 1.58. The first-order valence-electron chi connectivity index (χ1n) is 9.63. The molecule has 0 amide bonds. The van der Waals surface area contributed by atoms with E-state index in [1.165, 1.54) is 64.2 Å². The van der Waals surface area contributed by atoms with Crippen molar-refractivity contribution in [1.29, 1.82) is 0 Å². The van der Waals surface area contributed by atoms with E-state index in [2.05, 4.69) is 24.3 Å². The molecule has 1 aliphatic heterocycles. The van der Waals surface area contributed by atoms with Gasteiger partial charge in [0.15, 0.2) is 0 Å². The van der Waals surface area contributed by atoms with Gasteiger partial charge in [0.1, 0.15) is 0 Å². The summed E-state index contributed by atoms with van der Waals surface area (Å²) in [5.41, 5.74) is 0. The maximum Gasteiger partial charge on any atom is 0.0770 e. The highest BCUT2D eigenvalue weighted by Crippen LogP contribution is 2.34. The van der Waals surface area contributed by atoms with E-state index in [4.69, 9.17) is 10.2 Å². The molecule has 2 heteroatoms. The van der Waals surface area contributed by atoms with Gasteiger partial charge in [-0.1, -0.05) is 50.0 Å². The number of nitrogens with zero attached hydrogens (tertiary/aromatic N) is 2. The van der Waals surface area contributed by atoms with E-state index in [-0.39, 0.29) is 0 Å². The van der Waals surface area contributed by atoms with Crippen LogP contribution in [-0.2, 0) is 0 Å². The van der Waals surface area contributed by atoms with Crippen molar-refractivity contribution < 1.29 is 0 Å². The predicted molar refractivity (Wildman–Crippen MR) is 93.1 cm³/mol. The van der Waals surface area contributed by atoms with Gasteiger partial charge >= 0.3 is 0 Å². The zero-order valence-electron chi connectivity index (χ0n) is 14.0. The fourth-order valence-electron chi connectivity index (χ4n) is 4.42. The smallest absolute Gasteiger partial charge is 0.0770 e. The topological polar surface area (TPSA) is 24.7 Å². The quantitative estimate of drug-likeness (QED) is 0.539. The maximum absolute atomic E-state index is 4.91. The van der Waals surface area contributed by atoms with Gasteiger partial charge in [-0.2, -0.15) is 10.2 Å². The van der Waals surface area contributed by atoms with Crippen molar-refractivity contribution in [2.24, 2.45) is 22.1 Å². The Bertz CT molecular complexity index is 360. The molecule has 0 aromatic rings. The normalized spacial score (nSPS) is 32.2. The van der Waals surface area contributed by atoms with Crippen LogP contribution in [-0.4, -0.2) is 12.1 Å². The summed E-state index contributed by atoms with van der Waals surface area (Å²) >= 11 is 0. The molecule has 0 bridgehead atoms. The van der Waals surface area contributed by atoms with Crippen LogP contribution in [0.25, 0.3) is 0 Å². The van der Waals surface area contributed by atoms with Crippen LogP contribution in [0.5, 0.6) is 0 Å². The molecule has 0 spiro atoms. The summed E-state index contributed by atoms with van der Waals surface area (Å²) in [4.78, 5) is 0. The second kappa shape index (κ2) is 8.64. The third-order valence-corrected chi connectivity index (χ3v) is 5.84. The lowest BCUT2D eigenvalue weighted by Gasteiger charge is -2.21. The first-order chi connectivity index (χ1) is 10.9. The zero-order valence-corrected chi connectivity index (χ0v) is 14.0. The summed E-state index contributed by atoms with van der Waals surface area (Å²) in [7, 11) is 0. The molecule has 2 nitrogen and oxygen atoms in total. The lowest BCUT2D eigenvalue weighted by molar-refractivity contribution is 0.377. The van der Waals surface area contributed by atoms with Crippen LogP contribution >= 0.6 is 0 Å². The van der Waals surface area contributed by atoms with Gasteiger partial charge in [0.2, 0.25) is 0 Å². The Morgan fingerprint density at radius 2 is 0.955 bits per heavy atom. The molecule has 2 aliphatic carbocycles. The van der Waals surface area contributed by atoms with E-state index < -0.39 is 0 Å². The summed E-state index contributed by atoms with van der Waals surface area (Å²) < 4.78 is 0. The van der Waals surface area contributed by atoms with Gasteiger partial charge in [0, 0.05) is 0 Å². The Balaban J connectivity index is 1.71. The average Bonchev–Trinajstić information content (AvgIpc) is 3.21. The monoisotopic (exact) mass is 300 g/mol. The SMILES string of the molecule is C1=CCC(C2CCCC2)N=NC(C2CCCC2)CC=CCC1. The third kappa shape index (κ3) is 4.54. The van der Waals surface area contributed by atoms with Gasteiger partial charge in [-0.3, -0.25) is 0 Å². The summed E-state index contributed by atoms with van der Waals surface area (Å²) in [6, 6.07) is 0.900. The average molecular weight is 300 g/mol. The van der Waals surface area contributed by atoms with E-state index in [0.717, 1.165) is 24.7 Å². The molecule has 2 fully saturated rings. The van der Waals surface area contributed by atoms with E-state index in [0.29, 0.717) is 12.1 Å². The van der Waals surface area contributed by atoms with Crippen LogP contribution in [0, 0.1) is 11.8 Å². The fourth-order valence-corrected chi connectivity index (χ4v) is 4.42. The minimum Gasteiger partial charge on any atom is -0.190 e. The van der Waals surface area contributed by atoms with Crippen LogP contribution in [0.2, 0.25) is 0 Å². The molecule has 22 heavy (non-hydrogen) atoms. The minimum absolute atomic E-state index is 0.450. The Kier molecular flexibility index (Phi) is 6.27. The molecular weight excluding hydrogens is 268 g/mol. The molecule has 0 N–H and O–H groups in total. The highest BCUT2D eigenvalue weighted by Gasteiger charge is 2.27. The van der Waals surface area contributed by atoms with Crippen molar-refractivity contribution in [3.8, 4) is 0 Å². The van der Waals surface area contributed by atoms with Crippen LogP contribution in [0.15, 0.2) is 34.5 Å². The zero-order chi connectivity index (χ0) is 15.0. The predicted octanol–water partition coefficient (Wildman–Crippen LogP) is 6.24. The molecule has 2 unspecified atom stereocenters. The molecule has 2 atom stereocenters. The number of hydrogen-bond donors (Lipinski definition) is 0. The highest BCUT2D eigenvalue weighted by molar-refractivity contribution is 4.95. The van der Waals surface area contributed by atoms with Crippen LogP contribution in [0.1, 0.15) is 77.0 Å². The van der Waals surface area contributed by atoms with Crippen molar-refractivity contribution >= 4 is 0 Å². The standard InChI is InChI=1S/C20H32N2/c1-2-4-6-16-20(18-13-9-10-14-18)22-21-19(15-5-3-1)17-11-7-8-12-17/h3-6,17-20H,1-2,7-16H2. The Morgan fingerprint density at radius 3 is 1.36 bits per heavy atom. The molecule has 0 aromatic carbocycles. The minimum atomic E-state index is 0.450. The largest absolute Gasteiger partial charge is 0.190 e. The molecule has 1 heterocycles. The molecule has 2 saturated carbocycles. The van der Waals surface area contributed by atoms with Gasteiger partial charge in [-0.25, -0.2) is 0 Å². The molecular formula is C20H32N2. The second-order valence-electron chi connectivity index (χ2n) is 7.45. The Labute approximate surface area is 136 Å². The van der Waals surface area contributed by atoms with Gasteiger partial charge in [-0.15, -0.1) is 0 Å². The molecule has 122 valence electrons. The van der Waals surface area contributed by atoms with Crippen LogP contribution in [0.4, 0.5) is 0 Å². The fraction of sp³-hybridized carbons (Fsp3) is 0.800. The summed E-state index contributed by atoms with van der Waals surface area (Å²) in [6.45, 7) is 0. The van der Waals surface area contributed by atoms with Crippen LogP contribution in [0.3, 0.4) is 0 Å². The Hall–Kier alpha value is -0.920. The molecule has 0 aromatic heterocycles. The van der Waals surface area contributed by atoms with E-state index >= 15 is 0 Å². The number of hydrogen-bond acceptors (Lipinski definition) is 2. The van der Waals surface area contributed by atoms with Gasteiger partial charge in [-0.05, 0) is 63.2 Å². The maximum atomic E-state index is 4.91. The number of azo groups is 1. The van der Waals surface area contributed by atoms with Gasteiger partial charge in [0.05, 0.1) is 12.1 Å². The first kappa shape index (κ1) is 16.0. The number of rotatable bonds is 2. The van der Waals surface area contributed by atoms with E-state index in [1.54, 1.807) is 0 Å². The third-order valence-electron chi connectivity index (χ3n) is 5.84. The lowest BCUT2D eigenvalue weighted by atomic mass is 9.94. The van der Waals surface area contributed by atoms with E-state index in [1.807, 2.05) is 0 Å². The van der Waals surface area contributed by atoms with Crippen LogP contribution < -0.4 is 0 Å². The van der Waals surface area contributed by atoms with E-state index in [9.17, 15) is 0 Å². The summed E-state index contributed by atoms with van der Waals surface area (Å²) in [5, 5.41) is 9.81. The lowest BCUT2D eigenvalue weighted by Crippen LogP contribution is -2.18. The highest BCUT2D eigenvalue weighted by atomic mass is 15.1. The van der Waals surface area contributed by atoms with Gasteiger partial charge < -0.3 is 0 Å². The molecule has 0 saturated heterocycles. The number of allylic oxidation sites excluding steroid dienone is 2. The molecule has 3 aliphatic rings. The molecule has 0 radical (unpaired) electrons. The van der Waals surface area contributed by atoms with Gasteiger partial charge in [0.25, 0.3) is 0 Å². The summed E-state index contributed by atoms with van der Waals surface area (Å²) in [6.07, 6.45) is 25.0.